The van der Waals surface area contributed by atoms with Gasteiger partial charge in [-0.05, 0) is 31.0 Å². The van der Waals surface area contributed by atoms with Crippen molar-refractivity contribution in [3.05, 3.63) is 33.8 Å². The number of imide groups is 1. The van der Waals surface area contributed by atoms with E-state index in [9.17, 15) is 14.4 Å². The molecular weight excluding hydrogens is 351 g/mol. The van der Waals surface area contributed by atoms with Crippen LogP contribution in [-0.2, 0) is 4.79 Å². The molecule has 5 nitrogen and oxygen atoms in total. The molecule has 2 fully saturated rings. The van der Waals surface area contributed by atoms with Crippen molar-refractivity contribution in [3.8, 4) is 0 Å². The summed E-state index contributed by atoms with van der Waals surface area (Å²) in [7, 11) is 0. The third kappa shape index (κ3) is 3.15. The Bertz CT molecular complexity index is 697. The van der Waals surface area contributed by atoms with E-state index in [0.717, 1.165) is 30.6 Å². The summed E-state index contributed by atoms with van der Waals surface area (Å²) in [6, 6.07) is 4.05. The van der Waals surface area contributed by atoms with Crippen LogP contribution in [0.15, 0.2) is 18.2 Å². The predicted octanol–water partition coefficient (Wildman–Crippen LogP) is 3.82. The molecule has 0 bridgehead atoms. The van der Waals surface area contributed by atoms with Crippen LogP contribution in [-0.4, -0.2) is 34.7 Å². The van der Waals surface area contributed by atoms with Crippen molar-refractivity contribution >= 4 is 40.9 Å². The number of halogens is 2. The first-order chi connectivity index (χ1) is 11.4. The van der Waals surface area contributed by atoms with E-state index in [1.807, 2.05) is 0 Å². The Morgan fingerprint density at radius 3 is 2.46 bits per heavy atom. The molecule has 1 N–H and O–H groups in total. The molecule has 1 spiro atoms. The number of hydrogen-bond donors (Lipinski definition) is 1. The lowest BCUT2D eigenvalue weighted by Crippen LogP contribution is -2.46. The fourth-order valence-corrected chi connectivity index (χ4v) is 3.83. The van der Waals surface area contributed by atoms with E-state index in [1.54, 1.807) is 6.07 Å². The van der Waals surface area contributed by atoms with Crippen LogP contribution in [0, 0.1) is 0 Å². The van der Waals surface area contributed by atoms with Gasteiger partial charge in [-0.3, -0.25) is 14.5 Å². The van der Waals surface area contributed by atoms with Crippen LogP contribution in [0.4, 0.5) is 4.79 Å². The maximum atomic E-state index is 12.8. The number of nitrogens with zero attached hydrogens (tertiary/aromatic N) is 1. The Balaban J connectivity index is 1.80. The Morgan fingerprint density at radius 2 is 1.79 bits per heavy atom. The van der Waals surface area contributed by atoms with Gasteiger partial charge in [0, 0.05) is 10.6 Å². The molecule has 1 saturated carbocycles. The zero-order valence-electron chi connectivity index (χ0n) is 13.1. The zero-order valence-corrected chi connectivity index (χ0v) is 14.6. The monoisotopic (exact) mass is 368 g/mol. The summed E-state index contributed by atoms with van der Waals surface area (Å²) in [6.07, 6.45) is 5.16. The first-order valence-corrected chi connectivity index (χ1v) is 8.81. The van der Waals surface area contributed by atoms with Crippen molar-refractivity contribution in [2.45, 2.75) is 44.1 Å². The van der Waals surface area contributed by atoms with E-state index in [0.29, 0.717) is 17.9 Å². The van der Waals surface area contributed by atoms with E-state index in [2.05, 4.69) is 5.32 Å². The molecule has 7 heteroatoms. The second-order valence-corrected chi connectivity index (χ2v) is 7.21. The maximum Gasteiger partial charge on any atom is 0.325 e. The molecule has 0 radical (unpaired) electrons. The molecule has 0 unspecified atom stereocenters. The molecule has 3 amide bonds. The van der Waals surface area contributed by atoms with Gasteiger partial charge >= 0.3 is 6.03 Å². The number of ketones is 1. The standard InChI is InChI=1S/C17H18Cl2N2O3/c18-11-5-6-13(19)12(9-11)14(22)10-21-15(23)17(20-16(21)24)7-3-1-2-4-8-17/h5-6,9H,1-4,7-8,10H2,(H,20,24). The maximum absolute atomic E-state index is 12.8. The fraction of sp³-hybridized carbons (Fsp3) is 0.471. The van der Waals surface area contributed by atoms with Gasteiger partial charge in [0.25, 0.3) is 5.91 Å². The van der Waals surface area contributed by atoms with Gasteiger partial charge in [-0.25, -0.2) is 4.79 Å². The second-order valence-electron chi connectivity index (χ2n) is 6.37. The van der Waals surface area contributed by atoms with Gasteiger partial charge in [0.05, 0.1) is 11.6 Å². The molecule has 2 aliphatic rings. The molecule has 24 heavy (non-hydrogen) atoms. The summed E-state index contributed by atoms with van der Waals surface area (Å²) >= 11 is 11.9. The first-order valence-electron chi connectivity index (χ1n) is 8.05. The molecule has 128 valence electrons. The van der Waals surface area contributed by atoms with Gasteiger partial charge < -0.3 is 5.32 Å². The van der Waals surface area contributed by atoms with E-state index < -0.39 is 17.4 Å². The van der Waals surface area contributed by atoms with Gasteiger partial charge in [-0.2, -0.15) is 0 Å². The Labute approximate surface area is 150 Å². The summed E-state index contributed by atoms with van der Waals surface area (Å²) in [6.45, 7) is -0.327. The van der Waals surface area contributed by atoms with Crippen LogP contribution in [0.1, 0.15) is 48.9 Å². The molecule has 1 saturated heterocycles. The Morgan fingerprint density at radius 1 is 1.12 bits per heavy atom. The predicted molar refractivity (Wildman–Crippen MR) is 91.5 cm³/mol. The van der Waals surface area contributed by atoms with Crippen molar-refractivity contribution in [1.82, 2.24) is 10.2 Å². The highest BCUT2D eigenvalue weighted by Gasteiger charge is 2.51. The van der Waals surface area contributed by atoms with Crippen LogP contribution in [0.5, 0.6) is 0 Å². The van der Waals surface area contributed by atoms with Gasteiger partial charge in [0.2, 0.25) is 0 Å². The third-order valence-electron chi connectivity index (χ3n) is 4.73. The first kappa shape index (κ1) is 17.2. The highest BCUT2D eigenvalue weighted by Crippen LogP contribution is 2.33. The summed E-state index contributed by atoms with van der Waals surface area (Å²) in [5, 5.41) is 3.44. The quantitative estimate of drug-likeness (QED) is 0.651. The number of benzene rings is 1. The fourth-order valence-electron chi connectivity index (χ4n) is 3.43. The minimum Gasteiger partial charge on any atom is -0.323 e. The van der Waals surface area contributed by atoms with Crippen molar-refractivity contribution in [2.24, 2.45) is 0 Å². The minimum atomic E-state index is -0.841. The highest BCUT2D eigenvalue weighted by atomic mass is 35.5. The molecule has 1 aliphatic heterocycles. The summed E-state index contributed by atoms with van der Waals surface area (Å²) < 4.78 is 0. The van der Waals surface area contributed by atoms with E-state index in [-0.39, 0.29) is 23.0 Å². The van der Waals surface area contributed by atoms with E-state index >= 15 is 0 Å². The number of rotatable bonds is 3. The van der Waals surface area contributed by atoms with Gasteiger partial charge in [-0.1, -0.05) is 48.9 Å². The largest absolute Gasteiger partial charge is 0.325 e. The lowest BCUT2D eigenvalue weighted by Gasteiger charge is -2.24. The normalized spacial score (nSPS) is 20.2. The number of hydrogen-bond acceptors (Lipinski definition) is 3. The average molecular weight is 369 g/mol. The highest BCUT2D eigenvalue weighted by molar-refractivity contribution is 6.36. The van der Waals surface area contributed by atoms with E-state index in [4.69, 9.17) is 23.2 Å². The van der Waals surface area contributed by atoms with E-state index in [1.165, 1.54) is 12.1 Å². The summed E-state index contributed by atoms with van der Waals surface area (Å²) in [5.74, 6) is -0.711. The van der Waals surface area contributed by atoms with Crippen molar-refractivity contribution in [2.75, 3.05) is 6.54 Å². The van der Waals surface area contributed by atoms with Crippen molar-refractivity contribution in [3.63, 3.8) is 0 Å². The minimum absolute atomic E-state index is 0.214. The molecular formula is C17H18Cl2N2O3. The summed E-state index contributed by atoms with van der Waals surface area (Å²) in [4.78, 5) is 38.6. The van der Waals surface area contributed by atoms with Crippen LogP contribution in [0.3, 0.4) is 0 Å². The number of nitrogens with one attached hydrogen (secondary N) is 1. The summed E-state index contributed by atoms with van der Waals surface area (Å²) in [5.41, 5.74) is -0.627. The van der Waals surface area contributed by atoms with Crippen LogP contribution >= 0.6 is 23.2 Å². The molecule has 0 atom stereocenters. The Hall–Kier alpha value is -1.59. The number of amides is 3. The van der Waals surface area contributed by atoms with Crippen LogP contribution in [0.2, 0.25) is 10.0 Å². The number of carbonyl (C=O) groups excluding carboxylic acids is 3. The molecule has 1 aromatic carbocycles. The molecule has 1 aliphatic carbocycles. The number of Topliss-reactive ketones (excluding diaryl/α,β-unsaturated/α-hetero) is 1. The average Bonchev–Trinajstić information content (AvgIpc) is 2.73. The number of urea groups is 1. The third-order valence-corrected chi connectivity index (χ3v) is 5.30. The van der Waals surface area contributed by atoms with Gasteiger partial charge in [0.15, 0.2) is 5.78 Å². The SMILES string of the molecule is O=C(CN1C(=O)NC2(CCCCCC2)C1=O)c1cc(Cl)ccc1Cl. The lowest BCUT2D eigenvalue weighted by molar-refractivity contribution is -0.131. The smallest absolute Gasteiger partial charge is 0.323 e. The zero-order chi connectivity index (χ0) is 17.3. The van der Waals surface area contributed by atoms with Crippen molar-refractivity contribution < 1.29 is 14.4 Å². The molecule has 1 aromatic rings. The van der Waals surface area contributed by atoms with Crippen molar-refractivity contribution in [1.29, 1.82) is 0 Å². The van der Waals surface area contributed by atoms with Crippen LogP contribution in [0.25, 0.3) is 0 Å². The molecule has 3 rings (SSSR count). The van der Waals surface area contributed by atoms with Gasteiger partial charge in [0.1, 0.15) is 5.54 Å². The lowest BCUT2D eigenvalue weighted by atomic mass is 9.90. The van der Waals surface area contributed by atoms with Crippen LogP contribution < -0.4 is 5.32 Å². The Kier molecular flexibility index (Phi) is 4.83. The van der Waals surface area contributed by atoms with Gasteiger partial charge in [-0.15, -0.1) is 0 Å². The topological polar surface area (TPSA) is 66.5 Å². The molecule has 1 heterocycles. The number of carbonyl (C=O) groups is 3. The second kappa shape index (κ2) is 6.73. The molecule has 0 aromatic heterocycles.